The van der Waals surface area contributed by atoms with Crippen LogP contribution in [0.2, 0.25) is 0 Å². The van der Waals surface area contributed by atoms with E-state index in [0.717, 1.165) is 31.4 Å². The molecule has 1 saturated heterocycles. The van der Waals surface area contributed by atoms with Gasteiger partial charge in [0.1, 0.15) is 6.29 Å². The Balaban J connectivity index is 2.18. The summed E-state index contributed by atoms with van der Waals surface area (Å²) in [7, 11) is 0. The first-order chi connectivity index (χ1) is 7.31. The molecule has 1 aromatic rings. The average Bonchev–Trinajstić information content (AvgIpc) is 2.75. The van der Waals surface area contributed by atoms with Crippen LogP contribution < -0.4 is 5.32 Å². The van der Waals surface area contributed by atoms with Gasteiger partial charge in [0.05, 0.1) is 0 Å². The molecule has 15 heavy (non-hydrogen) atoms. The number of benzene rings is 1. The van der Waals surface area contributed by atoms with Gasteiger partial charge in [-0.05, 0) is 37.9 Å². The molecule has 1 fully saturated rings. The predicted molar refractivity (Wildman–Crippen MR) is 61.0 cm³/mol. The van der Waals surface area contributed by atoms with Crippen molar-refractivity contribution in [3.63, 3.8) is 0 Å². The van der Waals surface area contributed by atoms with Gasteiger partial charge in [0.15, 0.2) is 0 Å². The zero-order chi connectivity index (χ0) is 10.7. The van der Waals surface area contributed by atoms with E-state index in [1.165, 1.54) is 5.56 Å². The van der Waals surface area contributed by atoms with Crippen LogP contribution in [0.1, 0.15) is 23.5 Å². The molecule has 1 aromatic carbocycles. The number of aldehydes is 1. The molecule has 0 spiro atoms. The van der Waals surface area contributed by atoms with Crippen LogP contribution in [-0.2, 0) is 4.79 Å². The minimum Gasteiger partial charge on any atom is -0.316 e. The van der Waals surface area contributed by atoms with Gasteiger partial charge >= 0.3 is 0 Å². The van der Waals surface area contributed by atoms with Crippen molar-refractivity contribution in [3.05, 3.63) is 35.4 Å². The largest absolute Gasteiger partial charge is 0.316 e. The number of rotatable bonds is 3. The lowest BCUT2D eigenvalue weighted by Crippen LogP contribution is -2.17. The van der Waals surface area contributed by atoms with E-state index in [2.05, 4.69) is 36.5 Å². The Bertz CT molecular complexity index is 325. The summed E-state index contributed by atoms with van der Waals surface area (Å²) in [6.07, 6.45) is 2.21. The molecule has 0 aromatic heterocycles. The van der Waals surface area contributed by atoms with Crippen LogP contribution in [0.5, 0.6) is 0 Å². The predicted octanol–water partition coefficient (Wildman–Crippen LogP) is 1.89. The zero-order valence-electron chi connectivity index (χ0n) is 9.07. The molecule has 0 aliphatic carbocycles. The minimum atomic E-state index is 0.0700. The Kier molecular flexibility index (Phi) is 3.17. The second kappa shape index (κ2) is 4.58. The van der Waals surface area contributed by atoms with E-state index in [4.69, 9.17) is 0 Å². The Labute approximate surface area is 90.7 Å². The second-order valence-corrected chi connectivity index (χ2v) is 4.33. The number of nitrogens with one attached hydrogen (secondary N) is 1. The van der Waals surface area contributed by atoms with E-state index >= 15 is 0 Å². The lowest BCUT2D eigenvalue weighted by Gasteiger charge is -2.17. The molecule has 0 saturated carbocycles. The molecule has 0 amide bonds. The Morgan fingerprint density at radius 1 is 1.40 bits per heavy atom. The molecule has 2 heteroatoms. The molecule has 2 atom stereocenters. The van der Waals surface area contributed by atoms with Crippen LogP contribution in [0, 0.1) is 12.8 Å². The first-order valence-electron chi connectivity index (χ1n) is 5.54. The number of hydrogen-bond acceptors (Lipinski definition) is 2. The van der Waals surface area contributed by atoms with Crippen molar-refractivity contribution in [1.82, 2.24) is 5.32 Å². The Morgan fingerprint density at radius 3 is 2.67 bits per heavy atom. The summed E-state index contributed by atoms with van der Waals surface area (Å²) in [6, 6.07) is 8.31. The van der Waals surface area contributed by atoms with Gasteiger partial charge in [-0.25, -0.2) is 0 Å². The molecular weight excluding hydrogens is 186 g/mol. The van der Waals surface area contributed by atoms with Crippen LogP contribution in [0.25, 0.3) is 0 Å². The van der Waals surface area contributed by atoms with Gasteiger partial charge in [-0.15, -0.1) is 0 Å². The quantitative estimate of drug-likeness (QED) is 0.760. The summed E-state index contributed by atoms with van der Waals surface area (Å²) in [5.41, 5.74) is 2.40. The van der Waals surface area contributed by atoms with Crippen LogP contribution in [-0.4, -0.2) is 19.4 Å². The number of carbonyl (C=O) groups is 1. The fraction of sp³-hybridized carbons (Fsp3) is 0.462. The third-order valence-electron chi connectivity index (χ3n) is 3.22. The first kappa shape index (κ1) is 10.4. The van der Waals surface area contributed by atoms with E-state index in [1.54, 1.807) is 0 Å². The Hall–Kier alpha value is -1.15. The van der Waals surface area contributed by atoms with Gasteiger partial charge < -0.3 is 10.1 Å². The van der Waals surface area contributed by atoms with Gasteiger partial charge in [0, 0.05) is 5.92 Å². The van der Waals surface area contributed by atoms with Crippen molar-refractivity contribution in [2.45, 2.75) is 19.3 Å². The Morgan fingerprint density at radius 2 is 2.13 bits per heavy atom. The minimum absolute atomic E-state index is 0.0700. The van der Waals surface area contributed by atoms with Crippen molar-refractivity contribution in [3.8, 4) is 0 Å². The van der Waals surface area contributed by atoms with Crippen molar-refractivity contribution >= 4 is 6.29 Å². The van der Waals surface area contributed by atoms with Crippen molar-refractivity contribution in [1.29, 1.82) is 0 Å². The van der Waals surface area contributed by atoms with Gasteiger partial charge in [0.25, 0.3) is 0 Å². The summed E-state index contributed by atoms with van der Waals surface area (Å²) in [5.74, 6) is 0.547. The van der Waals surface area contributed by atoms with Crippen molar-refractivity contribution in [2.24, 2.45) is 5.92 Å². The van der Waals surface area contributed by atoms with Crippen LogP contribution in [0.3, 0.4) is 0 Å². The lowest BCUT2D eigenvalue weighted by molar-refractivity contribution is -0.110. The summed E-state index contributed by atoms with van der Waals surface area (Å²) in [5, 5.41) is 3.31. The maximum atomic E-state index is 11.1. The molecule has 1 aliphatic heterocycles. The molecule has 1 N–H and O–H groups in total. The van der Waals surface area contributed by atoms with Crippen LogP contribution >= 0.6 is 0 Å². The highest BCUT2D eigenvalue weighted by Gasteiger charge is 2.25. The molecule has 2 nitrogen and oxygen atoms in total. The van der Waals surface area contributed by atoms with E-state index in [-0.39, 0.29) is 5.92 Å². The maximum absolute atomic E-state index is 11.1. The van der Waals surface area contributed by atoms with Crippen molar-refractivity contribution in [2.75, 3.05) is 13.1 Å². The van der Waals surface area contributed by atoms with Crippen molar-refractivity contribution < 1.29 is 4.79 Å². The number of hydrogen-bond donors (Lipinski definition) is 1. The topological polar surface area (TPSA) is 29.1 Å². The molecule has 2 unspecified atom stereocenters. The first-order valence-corrected chi connectivity index (χ1v) is 5.54. The second-order valence-electron chi connectivity index (χ2n) is 4.33. The van der Waals surface area contributed by atoms with Gasteiger partial charge in [-0.3, -0.25) is 0 Å². The fourth-order valence-electron chi connectivity index (χ4n) is 2.23. The molecule has 1 heterocycles. The van der Waals surface area contributed by atoms with Gasteiger partial charge in [-0.2, -0.15) is 0 Å². The molecule has 80 valence electrons. The monoisotopic (exact) mass is 203 g/mol. The third-order valence-corrected chi connectivity index (χ3v) is 3.22. The highest BCUT2D eigenvalue weighted by Crippen LogP contribution is 2.27. The van der Waals surface area contributed by atoms with Crippen LogP contribution in [0.4, 0.5) is 0 Å². The van der Waals surface area contributed by atoms with E-state index < -0.39 is 0 Å². The smallest absolute Gasteiger partial charge is 0.127 e. The third kappa shape index (κ3) is 2.26. The van der Waals surface area contributed by atoms with E-state index in [1.807, 2.05) is 0 Å². The van der Waals surface area contributed by atoms with Crippen LogP contribution in [0.15, 0.2) is 24.3 Å². The molecule has 1 aliphatic rings. The average molecular weight is 203 g/mol. The normalized spacial score (nSPS) is 22.6. The van der Waals surface area contributed by atoms with E-state index in [9.17, 15) is 4.79 Å². The molecular formula is C13H17NO. The highest BCUT2D eigenvalue weighted by atomic mass is 16.1. The SMILES string of the molecule is Cc1ccc(C(C=O)C2CCNC2)cc1. The van der Waals surface area contributed by atoms with Gasteiger partial charge in [-0.1, -0.05) is 29.8 Å². The summed E-state index contributed by atoms with van der Waals surface area (Å²) in [6.45, 7) is 4.08. The standard InChI is InChI=1S/C13H17NO/c1-10-2-4-11(5-3-10)13(9-15)12-6-7-14-8-12/h2-5,9,12-14H,6-8H2,1H3. The molecule has 0 bridgehead atoms. The molecule has 0 radical (unpaired) electrons. The van der Waals surface area contributed by atoms with E-state index in [0.29, 0.717) is 5.92 Å². The fourth-order valence-corrected chi connectivity index (χ4v) is 2.23. The summed E-state index contributed by atoms with van der Waals surface area (Å²) in [4.78, 5) is 11.1. The summed E-state index contributed by atoms with van der Waals surface area (Å²) < 4.78 is 0. The number of carbonyl (C=O) groups excluding carboxylic acids is 1. The van der Waals surface area contributed by atoms with Gasteiger partial charge in [0.2, 0.25) is 0 Å². The number of aryl methyl sites for hydroxylation is 1. The summed E-state index contributed by atoms with van der Waals surface area (Å²) >= 11 is 0. The maximum Gasteiger partial charge on any atom is 0.127 e. The zero-order valence-corrected chi connectivity index (χ0v) is 9.07. The lowest BCUT2D eigenvalue weighted by atomic mass is 9.86. The molecule has 2 rings (SSSR count). The highest BCUT2D eigenvalue weighted by molar-refractivity contribution is 5.63.